The fraction of sp³-hybridized carbons (Fsp3) is 0.455. The van der Waals surface area contributed by atoms with Gasteiger partial charge in [0.2, 0.25) is 0 Å². The van der Waals surface area contributed by atoms with Crippen molar-refractivity contribution in [1.82, 2.24) is 0 Å². The summed E-state index contributed by atoms with van der Waals surface area (Å²) in [6, 6.07) is 3.66. The number of hydrogen-bond acceptors (Lipinski definition) is 6. The molecule has 19 heavy (non-hydrogen) atoms. The molecule has 0 aliphatic carbocycles. The Bertz CT molecular complexity index is 614. The van der Waals surface area contributed by atoms with Crippen molar-refractivity contribution in [2.75, 3.05) is 16.8 Å². The van der Waals surface area contributed by atoms with E-state index in [0.717, 1.165) is 5.56 Å². The van der Waals surface area contributed by atoms with Gasteiger partial charge in [0, 0.05) is 17.8 Å². The minimum Gasteiger partial charge on any atom is -0.390 e. The Labute approximate surface area is 110 Å². The molecule has 0 amide bonds. The van der Waals surface area contributed by atoms with E-state index in [1.165, 1.54) is 12.1 Å². The summed E-state index contributed by atoms with van der Waals surface area (Å²) in [6.07, 6.45) is -0.997. The molecule has 1 aromatic rings. The van der Waals surface area contributed by atoms with Crippen LogP contribution in [-0.4, -0.2) is 42.1 Å². The molecule has 0 spiro atoms. The standard InChI is InChI=1S/C11H14N2O5S/c1-7-2-3-8(13(15)16)4-9(7)12-10-5-19(17,18)6-11(10)14/h2-4,10-12,14H,5-6H2,1H3/t10-,11-/m1/s1. The molecule has 104 valence electrons. The summed E-state index contributed by atoms with van der Waals surface area (Å²) in [7, 11) is -3.25. The maximum absolute atomic E-state index is 11.4. The van der Waals surface area contributed by atoms with Crippen molar-refractivity contribution in [1.29, 1.82) is 0 Å². The number of aliphatic hydroxyl groups is 1. The second kappa shape index (κ2) is 4.78. The third-order valence-electron chi connectivity index (χ3n) is 3.10. The number of non-ortho nitro benzene ring substituents is 1. The minimum atomic E-state index is -3.25. The third kappa shape index (κ3) is 3.02. The van der Waals surface area contributed by atoms with Gasteiger partial charge in [-0.1, -0.05) is 6.07 Å². The van der Waals surface area contributed by atoms with Gasteiger partial charge in [-0.05, 0) is 12.5 Å². The zero-order chi connectivity index (χ0) is 14.2. The fourth-order valence-electron chi connectivity index (χ4n) is 2.05. The van der Waals surface area contributed by atoms with Crippen LogP contribution >= 0.6 is 0 Å². The molecule has 1 fully saturated rings. The number of rotatable bonds is 3. The Balaban J connectivity index is 2.24. The predicted molar refractivity (Wildman–Crippen MR) is 69.9 cm³/mol. The predicted octanol–water partition coefficient (Wildman–Crippen LogP) is 0.473. The van der Waals surface area contributed by atoms with E-state index in [-0.39, 0.29) is 17.2 Å². The number of nitro groups is 1. The molecule has 2 N–H and O–H groups in total. The van der Waals surface area contributed by atoms with Crippen molar-refractivity contribution in [3.63, 3.8) is 0 Å². The molecule has 1 aromatic carbocycles. The number of nitrogens with one attached hydrogen (secondary N) is 1. The molecule has 1 saturated heterocycles. The summed E-state index contributed by atoms with van der Waals surface area (Å²) in [5.74, 6) is -0.449. The highest BCUT2D eigenvalue weighted by Gasteiger charge is 2.36. The smallest absolute Gasteiger partial charge is 0.271 e. The van der Waals surface area contributed by atoms with Crippen LogP contribution in [-0.2, 0) is 9.84 Å². The lowest BCUT2D eigenvalue weighted by atomic mass is 10.1. The molecule has 2 atom stereocenters. The Morgan fingerprint density at radius 3 is 2.63 bits per heavy atom. The molecular formula is C11H14N2O5S. The number of hydrogen-bond donors (Lipinski definition) is 2. The summed E-state index contributed by atoms with van der Waals surface area (Å²) in [6.45, 7) is 1.75. The second-order valence-electron chi connectivity index (χ2n) is 4.65. The lowest BCUT2D eigenvalue weighted by molar-refractivity contribution is -0.384. The number of nitro benzene ring substituents is 1. The molecule has 8 heteroatoms. The SMILES string of the molecule is Cc1ccc([N+](=O)[O-])cc1N[C@@H]1CS(=O)(=O)C[C@H]1O. The number of sulfone groups is 1. The fourth-order valence-corrected chi connectivity index (χ4v) is 3.79. The highest BCUT2D eigenvalue weighted by atomic mass is 32.2. The second-order valence-corrected chi connectivity index (χ2v) is 6.81. The molecule has 1 aliphatic rings. The molecule has 7 nitrogen and oxygen atoms in total. The van der Waals surface area contributed by atoms with E-state index in [9.17, 15) is 23.6 Å². The van der Waals surface area contributed by atoms with E-state index in [1.807, 2.05) is 0 Å². The number of anilines is 1. The average Bonchev–Trinajstić information content (AvgIpc) is 2.54. The van der Waals surface area contributed by atoms with Crippen LogP contribution in [0, 0.1) is 17.0 Å². The molecule has 0 bridgehead atoms. The van der Waals surface area contributed by atoms with E-state index in [0.29, 0.717) is 5.69 Å². The summed E-state index contributed by atoms with van der Waals surface area (Å²) in [5, 5.41) is 23.3. The van der Waals surface area contributed by atoms with Gasteiger partial charge in [-0.3, -0.25) is 10.1 Å². The van der Waals surface area contributed by atoms with Gasteiger partial charge in [0.25, 0.3) is 5.69 Å². The van der Waals surface area contributed by atoms with Gasteiger partial charge in [0.1, 0.15) is 0 Å². The van der Waals surface area contributed by atoms with Crippen LogP contribution < -0.4 is 5.32 Å². The number of benzene rings is 1. The zero-order valence-corrected chi connectivity index (χ0v) is 11.1. The Morgan fingerprint density at radius 2 is 2.11 bits per heavy atom. The van der Waals surface area contributed by atoms with Gasteiger partial charge in [0.05, 0.1) is 28.6 Å². The summed E-state index contributed by atoms with van der Waals surface area (Å²) >= 11 is 0. The zero-order valence-electron chi connectivity index (χ0n) is 10.2. The summed E-state index contributed by atoms with van der Waals surface area (Å²) < 4.78 is 22.8. The van der Waals surface area contributed by atoms with E-state index >= 15 is 0 Å². The van der Waals surface area contributed by atoms with E-state index in [4.69, 9.17) is 0 Å². The normalized spacial score (nSPS) is 25.2. The van der Waals surface area contributed by atoms with Crippen molar-refractivity contribution < 1.29 is 18.4 Å². The summed E-state index contributed by atoms with van der Waals surface area (Å²) in [4.78, 5) is 10.2. The van der Waals surface area contributed by atoms with Gasteiger partial charge in [-0.15, -0.1) is 0 Å². The summed E-state index contributed by atoms with van der Waals surface area (Å²) in [5.41, 5.74) is 1.14. The molecule has 2 rings (SSSR count). The highest BCUT2D eigenvalue weighted by Crippen LogP contribution is 2.25. The number of nitrogens with zero attached hydrogens (tertiary/aromatic N) is 1. The first kappa shape index (κ1) is 13.8. The van der Waals surface area contributed by atoms with Crippen LogP contribution in [0.15, 0.2) is 18.2 Å². The van der Waals surface area contributed by atoms with E-state index < -0.39 is 26.9 Å². The van der Waals surface area contributed by atoms with E-state index in [2.05, 4.69) is 5.32 Å². The number of aliphatic hydroxyl groups excluding tert-OH is 1. The molecule has 1 aliphatic heterocycles. The molecule has 0 aromatic heterocycles. The first-order chi connectivity index (χ1) is 8.78. The topological polar surface area (TPSA) is 110 Å². The maximum Gasteiger partial charge on any atom is 0.271 e. The lowest BCUT2D eigenvalue weighted by Crippen LogP contribution is -2.32. The average molecular weight is 286 g/mol. The van der Waals surface area contributed by atoms with Gasteiger partial charge in [-0.25, -0.2) is 8.42 Å². The van der Waals surface area contributed by atoms with Crippen molar-refractivity contribution in [3.8, 4) is 0 Å². The monoisotopic (exact) mass is 286 g/mol. The van der Waals surface area contributed by atoms with E-state index in [1.54, 1.807) is 13.0 Å². The van der Waals surface area contributed by atoms with Gasteiger partial charge in [-0.2, -0.15) is 0 Å². The quantitative estimate of drug-likeness (QED) is 0.617. The Morgan fingerprint density at radius 1 is 1.42 bits per heavy atom. The minimum absolute atomic E-state index is 0.0801. The van der Waals surface area contributed by atoms with Crippen LogP contribution in [0.25, 0.3) is 0 Å². The molecule has 0 unspecified atom stereocenters. The van der Waals surface area contributed by atoms with Crippen molar-refractivity contribution in [2.24, 2.45) is 0 Å². The largest absolute Gasteiger partial charge is 0.390 e. The number of aryl methyl sites for hydroxylation is 1. The van der Waals surface area contributed by atoms with Crippen LogP contribution in [0.2, 0.25) is 0 Å². The third-order valence-corrected chi connectivity index (χ3v) is 4.81. The van der Waals surface area contributed by atoms with Crippen LogP contribution in [0.3, 0.4) is 0 Å². The van der Waals surface area contributed by atoms with Crippen LogP contribution in [0.1, 0.15) is 5.56 Å². The first-order valence-corrected chi connectivity index (χ1v) is 7.51. The van der Waals surface area contributed by atoms with Crippen LogP contribution in [0.5, 0.6) is 0 Å². The van der Waals surface area contributed by atoms with Gasteiger partial charge < -0.3 is 10.4 Å². The highest BCUT2D eigenvalue weighted by molar-refractivity contribution is 7.91. The van der Waals surface area contributed by atoms with Crippen molar-refractivity contribution in [3.05, 3.63) is 33.9 Å². The first-order valence-electron chi connectivity index (χ1n) is 5.68. The molecular weight excluding hydrogens is 272 g/mol. The molecule has 1 heterocycles. The molecule has 0 radical (unpaired) electrons. The van der Waals surface area contributed by atoms with Crippen LogP contribution in [0.4, 0.5) is 11.4 Å². The lowest BCUT2D eigenvalue weighted by Gasteiger charge is -2.17. The van der Waals surface area contributed by atoms with Gasteiger partial charge in [0.15, 0.2) is 9.84 Å². The Kier molecular flexibility index (Phi) is 3.46. The van der Waals surface area contributed by atoms with Crippen molar-refractivity contribution in [2.45, 2.75) is 19.1 Å². The maximum atomic E-state index is 11.4. The molecule has 0 saturated carbocycles. The van der Waals surface area contributed by atoms with Gasteiger partial charge >= 0.3 is 0 Å². The van der Waals surface area contributed by atoms with Crippen molar-refractivity contribution >= 4 is 21.2 Å². The Hall–Kier alpha value is -1.67.